The second-order valence-electron chi connectivity index (χ2n) is 4.54. The van der Waals surface area contributed by atoms with Crippen LogP contribution in [-0.4, -0.2) is 34.2 Å². The number of nitrogens with zero attached hydrogens (tertiary/aromatic N) is 4. The van der Waals surface area contributed by atoms with Gasteiger partial charge >= 0.3 is 5.97 Å². The molecule has 0 radical (unpaired) electrons. The smallest absolute Gasteiger partial charge is 0.308 e. The SMILES string of the molecule is CCc1nnc(NN=Cc2ccc(OC(C)=O)c(OC)c2)n1N.Cl.Cl. The number of aromatic nitrogens is 3. The number of carbonyl (C=O) groups is 1. The van der Waals surface area contributed by atoms with Crippen LogP contribution >= 0.6 is 24.8 Å². The number of aryl methyl sites for hydroxylation is 1. The van der Waals surface area contributed by atoms with E-state index in [4.69, 9.17) is 15.3 Å². The number of rotatable bonds is 6. The standard InChI is InChI=1S/C14H18N6O3.2ClH/c1-4-13-17-19-14(20(13)15)18-16-8-10-5-6-11(23-9(2)21)12(7-10)22-3;;/h5-8H,4,15H2,1-3H3,(H,18,19);2*1H. The van der Waals surface area contributed by atoms with Crippen molar-refractivity contribution in [3.8, 4) is 11.5 Å². The molecule has 1 aromatic carbocycles. The number of halogens is 2. The maximum Gasteiger partial charge on any atom is 0.308 e. The molecule has 2 aromatic rings. The van der Waals surface area contributed by atoms with Gasteiger partial charge in [-0.15, -0.1) is 35.0 Å². The third-order valence-electron chi connectivity index (χ3n) is 2.90. The summed E-state index contributed by atoms with van der Waals surface area (Å²) in [5.41, 5.74) is 3.45. The second kappa shape index (κ2) is 10.4. The van der Waals surface area contributed by atoms with Crippen molar-refractivity contribution in [2.45, 2.75) is 20.3 Å². The van der Waals surface area contributed by atoms with Gasteiger partial charge in [0, 0.05) is 13.3 Å². The quantitative estimate of drug-likeness (QED) is 0.253. The van der Waals surface area contributed by atoms with Gasteiger partial charge in [0.15, 0.2) is 17.3 Å². The molecular formula is C14H20Cl2N6O3. The molecule has 0 aliphatic rings. The fourth-order valence-electron chi connectivity index (χ4n) is 1.81. The van der Waals surface area contributed by atoms with Gasteiger partial charge in [-0.1, -0.05) is 6.92 Å². The molecule has 3 N–H and O–H groups in total. The van der Waals surface area contributed by atoms with E-state index in [1.807, 2.05) is 6.92 Å². The number of methoxy groups -OCH3 is 1. The van der Waals surface area contributed by atoms with Crippen molar-refractivity contribution in [3.63, 3.8) is 0 Å². The van der Waals surface area contributed by atoms with Crippen molar-refractivity contribution in [1.29, 1.82) is 0 Å². The van der Waals surface area contributed by atoms with Crippen molar-refractivity contribution >= 4 is 42.9 Å². The molecule has 25 heavy (non-hydrogen) atoms. The number of nitrogens with one attached hydrogen (secondary N) is 1. The third-order valence-corrected chi connectivity index (χ3v) is 2.90. The molecule has 0 atom stereocenters. The van der Waals surface area contributed by atoms with Gasteiger partial charge in [0.05, 0.1) is 13.3 Å². The molecule has 138 valence electrons. The molecule has 0 spiro atoms. The van der Waals surface area contributed by atoms with E-state index in [1.54, 1.807) is 24.4 Å². The third kappa shape index (κ3) is 5.80. The number of anilines is 1. The fraction of sp³-hybridized carbons (Fsp3) is 0.286. The van der Waals surface area contributed by atoms with Crippen LogP contribution in [0.25, 0.3) is 0 Å². The minimum atomic E-state index is -0.416. The van der Waals surface area contributed by atoms with Gasteiger partial charge in [-0.2, -0.15) is 5.10 Å². The fourth-order valence-corrected chi connectivity index (χ4v) is 1.81. The Morgan fingerprint density at radius 1 is 1.36 bits per heavy atom. The minimum Gasteiger partial charge on any atom is -0.493 e. The van der Waals surface area contributed by atoms with E-state index in [1.165, 1.54) is 18.7 Å². The summed E-state index contributed by atoms with van der Waals surface area (Å²) in [6, 6.07) is 5.05. The lowest BCUT2D eigenvalue weighted by Crippen LogP contribution is -2.14. The minimum absolute atomic E-state index is 0. The highest BCUT2D eigenvalue weighted by molar-refractivity contribution is 5.85. The zero-order valence-corrected chi connectivity index (χ0v) is 15.6. The van der Waals surface area contributed by atoms with E-state index in [2.05, 4.69) is 20.7 Å². The number of esters is 1. The molecule has 0 fully saturated rings. The molecule has 0 saturated carbocycles. The van der Waals surface area contributed by atoms with E-state index >= 15 is 0 Å². The maximum atomic E-state index is 11.0. The van der Waals surface area contributed by atoms with E-state index in [9.17, 15) is 4.79 Å². The van der Waals surface area contributed by atoms with Crippen molar-refractivity contribution in [2.75, 3.05) is 18.4 Å². The predicted octanol–water partition coefficient (Wildman–Crippen LogP) is 1.78. The number of hydrogen-bond acceptors (Lipinski definition) is 8. The van der Waals surface area contributed by atoms with Crippen LogP contribution in [0.1, 0.15) is 25.2 Å². The number of nitrogen functional groups attached to an aromatic ring is 1. The number of hydrazone groups is 1. The zero-order chi connectivity index (χ0) is 16.8. The lowest BCUT2D eigenvalue weighted by atomic mass is 10.2. The highest BCUT2D eigenvalue weighted by Gasteiger charge is 2.08. The number of benzene rings is 1. The number of nitrogens with two attached hydrogens (primary N) is 1. The van der Waals surface area contributed by atoms with Crippen LogP contribution in [0.15, 0.2) is 23.3 Å². The van der Waals surface area contributed by atoms with Gasteiger partial charge in [-0.3, -0.25) is 4.79 Å². The monoisotopic (exact) mass is 390 g/mol. The lowest BCUT2D eigenvalue weighted by molar-refractivity contribution is -0.132. The summed E-state index contributed by atoms with van der Waals surface area (Å²) in [6.07, 6.45) is 2.23. The summed E-state index contributed by atoms with van der Waals surface area (Å²) in [5, 5.41) is 11.8. The average Bonchev–Trinajstić information content (AvgIpc) is 2.88. The largest absolute Gasteiger partial charge is 0.493 e. The molecule has 0 amide bonds. The lowest BCUT2D eigenvalue weighted by Gasteiger charge is -2.08. The van der Waals surface area contributed by atoms with E-state index in [-0.39, 0.29) is 24.8 Å². The molecule has 9 nitrogen and oxygen atoms in total. The Balaban J connectivity index is 0.00000288. The highest BCUT2D eigenvalue weighted by Crippen LogP contribution is 2.27. The Labute approximate surface area is 157 Å². The van der Waals surface area contributed by atoms with Crippen LogP contribution in [0.4, 0.5) is 5.95 Å². The van der Waals surface area contributed by atoms with Gasteiger partial charge in [-0.25, -0.2) is 10.1 Å². The first kappa shape index (κ1) is 22.5. The van der Waals surface area contributed by atoms with Crippen LogP contribution in [-0.2, 0) is 11.2 Å². The summed E-state index contributed by atoms with van der Waals surface area (Å²) in [4.78, 5) is 11.0. The van der Waals surface area contributed by atoms with Crippen molar-refractivity contribution in [3.05, 3.63) is 29.6 Å². The van der Waals surface area contributed by atoms with Crippen molar-refractivity contribution in [1.82, 2.24) is 14.9 Å². The first-order chi connectivity index (χ1) is 11.0. The van der Waals surface area contributed by atoms with E-state index in [0.29, 0.717) is 29.7 Å². The number of ether oxygens (including phenoxy) is 2. The summed E-state index contributed by atoms with van der Waals surface area (Å²) in [7, 11) is 1.49. The van der Waals surface area contributed by atoms with Crippen molar-refractivity contribution in [2.24, 2.45) is 5.10 Å². The van der Waals surface area contributed by atoms with Gasteiger partial charge in [-0.05, 0) is 23.8 Å². The molecule has 1 heterocycles. The van der Waals surface area contributed by atoms with Crippen LogP contribution in [0, 0.1) is 0 Å². The normalized spacial score (nSPS) is 9.88. The molecule has 0 aliphatic heterocycles. The van der Waals surface area contributed by atoms with Gasteiger partial charge in [0.2, 0.25) is 0 Å². The van der Waals surface area contributed by atoms with Crippen LogP contribution in [0.5, 0.6) is 11.5 Å². The van der Waals surface area contributed by atoms with Gasteiger partial charge in [0.25, 0.3) is 5.95 Å². The maximum absolute atomic E-state index is 11.0. The Morgan fingerprint density at radius 3 is 2.64 bits per heavy atom. The summed E-state index contributed by atoms with van der Waals surface area (Å²) < 4.78 is 11.6. The van der Waals surface area contributed by atoms with Crippen molar-refractivity contribution < 1.29 is 14.3 Å². The summed E-state index contributed by atoms with van der Waals surface area (Å²) in [5.74, 6) is 7.14. The molecule has 0 bridgehead atoms. The Hall–Kier alpha value is -2.52. The first-order valence-corrected chi connectivity index (χ1v) is 6.90. The Kier molecular flexibility index (Phi) is 9.32. The molecule has 0 saturated heterocycles. The Bertz CT molecular complexity index is 735. The van der Waals surface area contributed by atoms with Crippen LogP contribution in [0.2, 0.25) is 0 Å². The molecule has 2 rings (SSSR count). The highest BCUT2D eigenvalue weighted by atomic mass is 35.5. The number of carbonyl (C=O) groups excluding carboxylic acids is 1. The summed E-state index contributed by atoms with van der Waals surface area (Å²) in [6.45, 7) is 3.25. The van der Waals surface area contributed by atoms with Gasteiger partial charge in [0.1, 0.15) is 0 Å². The van der Waals surface area contributed by atoms with Crippen LogP contribution in [0.3, 0.4) is 0 Å². The predicted molar refractivity (Wildman–Crippen MR) is 99.6 cm³/mol. The molecule has 0 unspecified atom stereocenters. The topological polar surface area (TPSA) is 117 Å². The van der Waals surface area contributed by atoms with E-state index < -0.39 is 5.97 Å². The van der Waals surface area contributed by atoms with Gasteiger partial charge < -0.3 is 15.3 Å². The molecule has 11 heteroatoms. The average molecular weight is 391 g/mol. The molecule has 1 aromatic heterocycles. The summed E-state index contributed by atoms with van der Waals surface area (Å²) >= 11 is 0. The van der Waals surface area contributed by atoms with Crippen LogP contribution < -0.4 is 20.7 Å². The van der Waals surface area contributed by atoms with E-state index in [0.717, 1.165) is 5.56 Å². The zero-order valence-electron chi connectivity index (χ0n) is 13.9. The molecular weight excluding hydrogens is 371 g/mol. The number of hydrogen-bond donors (Lipinski definition) is 2. The second-order valence-corrected chi connectivity index (χ2v) is 4.54. The Morgan fingerprint density at radius 2 is 2.08 bits per heavy atom. The first-order valence-electron chi connectivity index (χ1n) is 6.90. The molecule has 0 aliphatic carbocycles.